The number of carbonyl (C=O) groups is 1. The van der Waals surface area contributed by atoms with Gasteiger partial charge in [-0.05, 0) is 36.8 Å². The van der Waals surface area contributed by atoms with E-state index in [1.807, 2.05) is 12.1 Å². The first-order valence-corrected chi connectivity index (χ1v) is 11.6. The van der Waals surface area contributed by atoms with Gasteiger partial charge in [-0.25, -0.2) is 8.42 Å². The van der Waals surface area contributed by atoms with Crippen molar-refractivity contribution in [1.29, 1.82) is 0 Å². The second-order valence-electron chi connectivity index (χ2n) is 7.72. The zero-order valence-corrected chi connectivity index (χ0v) is 16.7. The van der Waals surface area contributed by atoms with Crippen LogP contribution in [0.5, 0.6) is 0 Å². The summed E-state index contributed by atoms with van der Waals surface area (Å²) in [6.07, 6.45) is 5.77. The lowest BCUT2D eigenvalue weighted by molar-refractivity contribution is -0.115. The van der Waals surface area contributed by atoms with E-state index in [1.165, 1.54) is 11.1 Å². The Bertz CT molecular complexity index is 892. The number of nitrogens with one attached hydrogen (secondary N) is 2. The average molecular weight is 403 g/mol. The van der Waals surface area contributed by atoms with Crippen LogP contribution >= 0.6 is 0 Å². The molecular formula is C20H26N4O3S. The third-order valence-electron chi connectivity index (χ3n) is 5.70. The molecule has 7 nitrogen and oxygen atoms in total. The van der Waals surface area contributed by atoms with Crippen molar-refractivity contribution in [2.24, 2.45) is 9.98 Å². The Hall–Kier alpha value is -2.22. The zero-order valence-electron chi connectivity index (χ0n) is 15.9. The Balaban J connectivity index is 1.42. The summed E-state index contributed by atoms with van der Waals surface area (Å²) in [7, 11) is -3.56. The van der Waals surface area contributed by atoms with E-state index < -0.39 is 15.3 Å². The summed E-state index contributed by atoms with van der Waals surface area (Å²) in [5.41, 5.74) is 2.58. The molecule has 0 saturated heterocycles. The minimum absolute atomic E-state index is 0.00859. The number of amides is 1. The van der Waals surface area contributed by atoms with Crippen LogP contribution in [0.15, 0.2) is 34.3 Å². The predicted molar refractivity (Wildman–Crippen MR) is 109 cm³/mol. The highest BCUT2D eigenvalue weighted by molar-refractivity contribution is 7.90. The summed E-state index contributed by atoms with van der Waals surface area (Å²) in [6.45, 7) is 0.774. The molecule has 0 aromatic heterocycles. The third-order valence-corrected chi connectivity index (χ3v) is 7.52. The number of hydrogen-bond acceptors (Lipinski definition) is 5. The van der Waals surface area contributed by atoms with E-state index in [9.17, 15) is 13.2 Å². The highest BCUT2D eigenvalue weighted by Gasteiger charge is 2.32. The van der Waals surface area contributed by atoms with Crippen LogP contribution in [-0.2, 0) is 27.7 Å². The van der Waals surface area contributed by atoms with Gasteiger partial charge in [0.2, 0.25) is 10.0 Å². The lowest BCUT2D eigenvalue weighted by Gasteiger charge is -2.24. The summed E-state index contributed by atoms with van der Waals surface area (Å²) in [5, 5.41) is 2.59. The number of carbonyl (C=O) groups excluding carboxylic acids is 1. The number of hydrogen-bond donors (Lipinski definition) is 2. The molecule has 1 heterocycles. The van der Waals surface area contributed by atoms with Gasteiger partial charge in [0.05, 0.1) is 18.3 Å². The minimum Gasteiger partial charge on any atom is -0.347 e. The van der Waals surface area contributed by atoms with Crippen molar-refractivity contribution in [3.8, 4) is 0 Å². The minimum atomic E-state index is -3.56. The SMILES string of the molecule is O=C(NC1Cc2ccccc2C1)C1=NCCN=C1NS(=O)(=O)C1CCCCC1. The average Bonchev–Trinajstić information content (AvgIpc) is 3.11. The summed E-state index contributed by atoms with van der Waals surface area (Å²) in [5.74, 6) is -0.271. The van der Waals surface area contributed by atoms with Gasteiger partial charge in [0.15, 0.2) is 11.5 Å². The second kappa shape index (κ2) is 8.03. The summed E-state index contributed by atoms with van der Waals surface area (Å²) in [4.78, 5) is 21.4. The smallest absolute Gasteiger partial charge is 0.273 e. The summed E-state index contributed by atoms with van der Waals surface area (Å²) >= 11 is 0. The topological polar surface area (TPSA) is 100.0 Å². The van der Waals surface area contributed by atoms with Crippen LogP contribution in [0.3, 0.4) is 0 Å². The van der Waals surface area contributed by atoms with E-state index in [4.69, 9.17) is 0 Å². The molecule has 1 aliphatic heterocycles. The fourth-order valence-electron chi connectivity index (χ4n) is 4.24. The first-order valence-electron chi connectivity index (χ1n) is 10.0. The molecule has 4 rings (SSSR count). The van der Waals surface area contributed by atoms with E-state index in [-0.39, 0.29) is 23.5 Å². The van der Waals surface area contributed by atoms with Crippen LogP contribution in [0.4, 0.5) is 0 Å². The molecule has 1 saturated carbocycles. The Labute approximate surface area is 165 Å². The number of aliphatic imine (C=N–C) groups is 2. The molecule has 0 bridgehead atoms. The van der Waals surface area contributed by atoms with Crippen LogP contribution in [0.1, 0.15) is 43.2 Å². The van der Waals surface area contributed by atoms with Gasteiger partial charge < -0.3 is 5.32 Å². The van der Waals surface area contributed by atoms with Gasteiger partial charge in [0, 0.05) is 6.04 Å². The van der Waals surface area contributed by atoms with Crippen LogP contribution < -0.4 is 10.0 Å². The van der Waals surface area contributed by atoms with E-state index >= 15 is 0 Å². The quantitative estimate of drug-likeness (QED) is 0.796. The molecule has 150 valence electrons. The van der Waals surface area contributed by atoms with Crippen LogP contribution in [0.25, 0.3) is 0 Å². The number of benzene rings is 1. The molecular weight excluding hydrogens is 376 g/mol. The van der Waals surface area contributed by atoms with Gasteiger partial charge in [-0.2, -0.15) is 0 Å². The summed E-state index contributed by atoms with van der Waals surface area (Å²) < 4.78 is 28.0. The highest BCUT2D eigenvalue weighted by atomic mass is 32.2. The normalized spacial score (nSPS) is 20.9. The van der Waals surface area contributed by atoms with E-state index in [0.717, 1.165) is 32.1 Å². The standard InChI is InChI=1S/C20H26N4O3S/c25-20(23-16-12-14-6-4-5-7-15(14)13-16)18-19(22-11-10-21-18)24-28(26,27)17-8-2-1-3-9-17/h4-7,16-17H,1-3,8-13H2,(H,22,24)(H,23,25). The molecule has 3 aliphatic rings. The van der Waals surface area contributed by atoms with E-state index in [2.05, 4.69) is 32.2 Å². The van der Waals surface area contributed by atoms with Gasteiger partial charge in [-0.3, -0.25) is 19.5 Å². The fourth-order valence-corrected chi connectivity index (χ4v) is 5.79. The van der Waals surface area contributed by atoms with Gasteiger partial charge in [0.25, 0.3) is 5.91 Å². The van der Waals surface area contributed by atoms with Gasteiger partial charge >= 0.3 is 0 Å². The number of rotatable bonds is 4. The Morgan fingerprint density at radius 3 is 2.29 bits per heavy atom. The third kappa shape index (κ3) is 4.11. The van der Waals surface area contributed by atoms with Crippen molar-refractivity contribution in [1.82, 2.24) is 10.0 Å². The highest BCUT2D eigenvalue weighted by Crippen LogP contribution is 2.23. The molecule has 1 amide bonds. The van der Waals surface area contributed by atoms with Crippen LogP contribution in [0, 0.1) is 0 Å². The molecule has 1 aromatic rings. The van der Waals surface area contributed by atoms with Gasteiger partial charge in [-0.1, -0.05) is 43.5 Å². The molecule has 0 unspecified atom stereocenters. The van der Waals surface area contributed by atoms with Crippen molar-refractivity contribution in [3.05, 3.63) is 35.4 Å². The van der Waals surface area contributed by atoms with Crippen molar-refractivity contribution in [2.45, 2.75) is 56.2 Å². The lowest BCUT2D eigenvalue weighted by atomic mass is 10.0. The number of nitrogens with zero attached hydrogens (tertiary/aromatic N) is 2. The number of fused-ring (bicyclic) bond motifs is 1. The van der Waals surface area contributed by atoms with Crippen LogP contribution in [-0.4, -0.2) is 50.3 Å². The maximum absolute atomic E-state index is 12.8. The molecule has 1 aromatic carbocycles. The molecule has 2 aliphatic carbocycles. The Morgan fingerprint density at radius 2 is 1.61 bits per heavy atom. The summed E-state index contributed by atoms with van der Waals surface area (Å²) in [6, 6.07) is 8.14. The van der Waals surface area contributed by atoms with Crippen LogP contribution in [0.2, 0.25) is 0 Å². The van der Waals surface area contributed by atoms with E-state index in [1.54, 1.807) is 0 Å². The first-order chi connectivity index (χ1) is 13.5. The van der Waals surface area contributed by atoms with Crippen molar-refractivity contribution < 1.29 is 13.2 Å². The zero-order chi connectivity index (χ0) is 19.6. The number of amidine groups is 1. The largest absolute Gasteiger partial charge is 0.347 e. The second-order valence-corrected chi connectivity index (χ2v) is 9.68. The predicted octanol–water partition coefficient (Wildman–Crippen LogP) is 1.38. The van der Waals surface area contributed by atoms with Crippen molar-refractivity contribution in [3.63, 3.8) is 0 Å². The molecule has 0 atom stereocenters. The van der Waals surface area contributed by atoms with Crippen molar-refractivity contribution in [2.75, 3.05) is 13.1 Å². The number of sulfonamides is 1. The Kier molecular flexibility index (Phi) is 5.48. The lowest BCUT2D eigenvalue weighted by Crippen LogP contribution is -2.50. The molecule has 8 heteroatoms. The molecule has 0 spiro atoms. The molecule has 2 N–H and O–H groups in total. The maximum atomic E-state index is 12.8. The molecule has 0 radical (unpaired) electrons. The monoisotopic (exact) mass is 402 g/mol. The van der Waals surface area contributed by atoms with E-state index in [0.29, 0.717) is 25.9 Å². The molecule has 28 heavy (non-hydrogen) atoms. The maximum Gasteiger partial charge on any atom is 0.273 e. The van der Waals surface area contributed by atoms with Crippen molar-refractivity contribution >= 4 is 27.5 Å². The molecule has 1 fully saturated rings. The Morgan fingerprint density at radius 1 is 0.964 bits per heavy atom. The fraction of sp³-hybridized carbons (Fsp3) is 0.550. The first kappa shape index (κ1) is 19.1. The van der Waals surface area contributed by atoms with Gasteiger partial charge in [-0.15, -0.1) is 0 Å². The van der Waals surface area contributed by atoms with Gasteiger partial charge in [0.1, 0.15) is 0 Å².